The monoisotopic (exact) mass is 504 g/mol. The van der Waals surface area contributed by atoms with Crippen molar-refractivity contribution in [3.63, 3.8) is 0 Å². The van der Waals surface area contributed by atoms with Gasteiger partial charge >= 0.3 is 0 Å². The molecule has 194 valence electrons. The van der Waals surface area contributed by atoms with Crippen LogP contribution in [0.5, 0.6) is 11.5 Å². The molecule has 2 N–H and O–H groups in total. The largest absolute Gasteiger partial charge is 0.507 e. The van der Waals surface area contributed by atoms with E-state index in [4.69, 9.17) is 0 Å². The van der Waals surface area contributed by atoms with Gasteiger partial charge in [-0.1, -0.05) is 48.6 Å². The lowest BCUT2D eigenvalue weighted by atomic mass is 9.92. The van der Waals surface area contributed by atoms with Crippen LogP contribution in [-0.4, -0.2) is 24.3 Å². The highest BCUT2D eigenvalue weighted by Gasteiger charge is 2.18. The van der Waals surface area contributed by atoms with Crippen LogP contribution in [0.1, 0.15) is 22.3 Å². The minimum Gasteiger partial charge on any atom is -0.507 e. The molecule has 4 nitrogen and oxygen atoms in total. The van der Waals surface area contributed by atoms with Gasteiger partial charge in [0.2, 0.25) is 0 Å². The number of aromatic hydroxyl groups is 2. The fourth-order valence-electron chi connectivity index (χ4n) is 4.79. The van der Waals surface area contributed by atoms with E-state index in [1.165, 1.54) is 0 Å². The second kappa shape index (κ2) is 12.2. The molecule has 0 spiro atoms. The number of para-hydroxylation sites is 2. The molecule has 4 aromatic rings. The summed E-state index contributed by atoms with van der Waals surface area (Å²) >= 11 is 0. The zero-order valence-corrected chi connectivity index (χ0v) is 22.3. The Bertz CT molecular complexity index is 1400. The average Bonchev–Trinajstić information content (AvgIpc) is 2.93. The van der Waals surface area contributed by atoms with Gasteiger partial charge in [0.05, 0.1) is 0 Å². The number of benzene rings is 4. The van der Waals surface area contributed by atoms with E-state index in [0.717, 1.165) is 44.8 Å². The topological polar surface area (TPSA) is 46.9 Å². The van der Waals surface area contributed by atoms with Crippen molar-refractivity contribution in [3.05, 3.63) is 132 Å². The Morgan fingerprint density at radius 2 is 1.13 bits per heavy atom. The summed E-state index contributed by atoms with van der Waals surface area (Å²) in [5.74, 6) is 0.514. The van der Waals surface area contributed by atoms with E-state index in [9.17, 15) is 10.2 Å². The SMILES string of the molecule is C=CCc1cc(CN(C)c2ccccc2)c(O)c(-c2cc(CC=C)c(O)c(CN(C)c3ccccc3)c2)c1. The molecule has 0 fully saturated rings. The van der Waals surface area contributed by atoms with Gasteiger partial charge < -0.3 is 20.0 Å². The third-order valence-electron chi connectivity index (χ3n) is 6.78. The second-order valence-electron chi connectivity index (χ2n) is 9.66. The molecule has 0 unspecified atom stereocenters. The predicted octanol–water partition coefficient (Wildman–Crippen LogP) is 7.49. The molecule has 4 heteroatoms. The molecule has 0 bridgehead atoms. The number of nitrogens with zero attached hydrogens (tertiary/aromatic N) is 2. The second-order valence-corrected chi connectivity index (χ2v) is 9.66. The Morgan fingerprint density at radius 1 is 0.632 bits per heavy atom. The molecule has 38 heavy (non-hydrogen) atoms. The summed E-state index contributed by atoms with van der Waals surface area (Å²) in [6, 6.07) is 28.2. The van der Waals surface area contributed by atoms with E-state index < -0.39 is 0 Å². The first-order chi connectivity index (χ1) is 18.4. The molecular formula is C34H36N2O2. The molecule has 0 aliphatic heterocycles. The predicted molar refractivity (Wildman–Crippen MR) is 160 cm³/mol. The van der Waals surface area contributed by atoms with Crippen LogP contribution in [0.3, 0.4) is 0 Å². The molecule has 0 heterocycles. The van der Waals surface area contributed by atoms with Crippen molar-refractivity contribution >= 4 is 11.4 Å². The lowest BCUT2D eigenvalue weighted by Gasteiger charge is -2.23. The minimum absolute atomic E-state index is 0.248. The number of phenols is 2. The molecular weight excluding hydrogens is 468 g/mol. The summed E-state index contributed by atoms with van der Waals surface area (Å²) in [6.45, 7) is 8.87. The van der Waals surface area contributed by atoms with Crippen molar-refractivity contribution in [2.75, 3.05) is 23.9 Å². The number of phenolic OH excluding ortho intramolecular Hbond substituents is 2. The van der Waals surface area contributed by atoms with Gasteiger partial charge in [0.15, 0.2) is 0 Å². The fraction of sp³-hybridized carbons (Fsp3) is 0.176. The van der Waals surface area contributed by atoms with Crippen molar-refractivity contribution in [2.24, 2.45) is 0 Å². The molecule has 0 amide bonds. The summed E-state index contributed by atoms with van der Waals surface area (Å²) < 4.78 is 0. The first-order valence-corrected chi connectivity index (χ1v) is 12.8. The molecule has 0 aromatic heterocycles. The molecule has 4 rings (SSSR count). The summed E-state index contributed by atoms with van der Waals surface area (Å²) in [6.07, 6.45) is 4.88. The lowest BCUT2D eigenvalue weighted by molar-refractivity contribution is 0.461. The van der Waals surface area contributed by atoms with Crippen LogP contribution < -0.4 is 9.80 Å². The van der Waals surface area contributed by atoms with Gasteiger partial charge in [-0.15, -0.1) is 13.2 Å². The zero-order chi connectivity index (χ0) is 27.1. The highest BCUT2D eigenvalue weighted by Crippen LogP contribution is 2.39. The number of anilines is 2. The van der Waals surface area contributed by atoms with E-state index in [1.54, 1.807) is 6.08 Å². The van der Waals surface area contributed by atoms with Gasteiger partial charge in [-0.2, -0.15) is 0 Å². The van der Waals surface area contributed by atoms with Gasteiger partial charge in [-0.05, 0) is 78.1 Å². The Balaban J connectivity index is 1.78. The van der Waals surface area contributed by atoms with Gasteiger partial charge in [0, 0.05) is 55.2 Å². The van der Waals surface area contributed by atoms with E-state index in [1.807, 2.05) is 86.9 Å². The third-order valence-corrected chi connectivity index (χ3v) is 6.78. The van der Waals surface area contributed by atoms with Gasteiger partial charge in [-0.25, -0.2) is 0 Å². The van der Waals surface area contributed by atoms with E-state index in [-0.39, 0.29) is 11.5 Å². The van der Waals surface area contributed by atoms with Crippen LogP contribution in [0.4, 0.5) is 11.4 Å². The average molecular weight is 505 g/mol. The maximum Gasteiger partial charge on any atom is 0.128 e. The quantitative estimate of drug-likeness (QED) is 0.208. The van der Waals surface area contributed by atoms with E-state index in [0.29, 0.717) is 25.9 Å². The first-order valence-electron chi connectivity index (χ1n) is 12.8. The summed E-state index contributed by atoms with van der Waals surface area (Å²) in [4.78, 5) is 4.22. The van der Waals surface area contributed by atoms with Crippen molar-refractivity contribution in [2.45, 2.75) is 25.9 Å². The van der Waals surface area contributed by atoms with Crippen molar-refractivity contribution < 1.29 is 10.2 Å². The fourth-order valence-corrected chi connectivity index (χ4v) is 4.79. The van der Waals surface area contributed by atoms with Gasteiger partial charge in [0.25, 0.3) is 0 Å². The maximum absolute atomic E-state index is 11.5. The lowest BCUT2D eigenvalue weighted by Crippen LogP contribution is -2.17. The summed E-state index contributed by atoms with van der Waals surface area (Å²) in [5, 5.41) is 22.7. The normalized spacial score (nSPS) is 10.7. The Hall–Kier alpha value is -4.44. The van der Waals surface area contributed by atoms with Crippen LogP contribution in [-0.2, 0) is 25.9 Å². The van der Waals surface area contributed by atoms with Crippen LogP contribution in [0, 0.1) is 0 Å². The molecule has 4 aromatic carbocycles. The third kappa shape index (κ3) is 6.09. The number of allylic oxidation sites excluding steroid dienone is 2. The Morgan fingerprint density at radius 3 is 1.66 bits per heavy atom. The molecule has 0 saturated heterocycles. The standard InChI is InChI=1S/C34H36N2O2/c1-5-13-25-19-28(23-35(3)30-15-9-7-10-16-30)34(38)32(20-25)27-21-26(14-6-2)33(37)29(22-27)24-36(4)31-17-11-8-12-18-31/h5-12,15-22,37-38H,1-2,13-14,23-24H2,3-4H3. The number of hydrogen-bond acceptors (Lipinski definition) is 4. The summed E-state index contributed by atoms with van der Waals surface area (Å²) in [7, 11) is 4.03. The van der Waals surface area contributed by atoms with Crippen LogP contribution in [0.25, 0.3) is 11.1 Å². The molecule has 0 radical (unpaired) electrons. The van der Waals surface area contributed by atoms with Gasteiger partial charge in [0.1, 0.15) is 11.5 Å². The zero-order valence-electron chi connectivity index (χ0n) is 22.3. The van der Waals surface area contributed by atoms with Crippen molar-refractivity contribution in [1.29, 1.82) is 0 Å². The molecule has 0 atom stereocenters. The molecule has 0 aliphatic rings. The summed E-state index contributed by atoms with van der Waals surface area (Å²) in [5.41, 5.74) is 7.24. The highest BCUT2D eigenvalue weighted by atomic mass is 16.3. The van der Waals surface area contributed by atoms with Crippen LogP contribution in [0.15, 0.2) is 110 Å². The minimum atomic E-state index is 0.248. The maximum atomic E-state index is 11.5. The highest BCUT2D eigenvalue weighted by molar-refractivity contribution is 5.75. The number of hydrogen-bond donors (Lipinski definition) is 2. The van der Waals surface area contributed by atoms with Gasteiger partial charge in [-0.3, -0.25) is 0 Å². The Labute approximate surface area is 226 Å². The van der Waals surface area contributed by atoms with Crippen LogP contribution in [0.2, 0.25) is 0 Å². The smallest absolute Gasteiger partial charge is 0.128 e. The first kappa shape index (κ1) is 26.6. The van der Waals surface area contributed by atoms with Crippen molar-refractivity contribution in [1.82, 2.24) is 0 Å². The van der Waals surface area contributed by atoms with E-state index in [2.05, 4.69) is 41.2 Å². The molecule has 0 aliphatic carbocycles. The molecule has 0 saturated carbocycles. The number of rotatable bonds is 11. The van der Waals surface area contributed by atoms with Crippen molar-refractivity contribution in [3.8, 4) is 22.6 Å². The van der Waals surface area contributed by atoms with Crippen LogP contribution >= 0.6 is 0 Å². The van der Waals surface area contributed by atoms with E-state index >= 15 is 0 Å². The Kier molecular flexibility index (Phi) is 8.55.